The average Bonchev–Trinajstić information content (AvgIpc) is 2.98. The third-order valence-corrected chi connectivity index (χ3v) is 8.67. The molecule has 1 N–H and O–H groups in total. The number of nitrogens with one attached hydrogen (secondary N) is 1. The summed E-state index contributed by atoms with van der Waals surface area (Å²) in [4.78, 5) is 27.2. The first-order chi connectivity index (χ1) is 18.7. The first-order valence-electron chi connectivity index (χ1n) is 14.5. The van der Waals surface area contributed by atoms with Crippen LogP contribution in [0.2, 0.25) is 0 Å². The van der Waals surface area contributed by atoms with E-state index in [4.69, 9.17) is 9.72 Å². The number of aromatic nitrogens is 3. The van der Waals surface area contributed by atoms with E-state index in [1.165, 1.54) is 50.8 Å². The summed E-state index contributed by atoms with van der Waals surface area (Å²) < 4.78 is 7.37. The molecule has 0 spiro atoms. The monoisotopic (exact) mass is 516 g/mol. The van der Waals surface area contributed by atoms with E-state index in [0.29, 0.717) is 5.95 Å². The van der Waals surface area contributed by atoms with Crippen molar-refractivity contribution in [1.29, 1.82) is 0 Å². The van der Waals surface area contributed by atoms with Crippen molar-refractivity contribution in [3.63, 3.8) is 0 Å². The molecule has 4 heterocycles. The number of fused-ring (bicyclic) bond motifs is 1. The highest BCUT2D eigenvalue weighted by atomic mass is 16.5. The molecule has 2 aliphatic heterocycles. The molecule has 1 saturated carbocycles. The fraction of sp³-hybridized carbons (Fsp3) is 0.567. The second-order valence-electron chi connectivity index (χ2n) is 11.2. The number of morpholine rings is 1. The number of hydrogen-bond donors (Lipinski definition) is 1. The van der Waals surface area contributed by atoms with Gasteiger partial charge in [0.05, 0.1) is 13.2 Å². The SMILES string of the molecule is O=c1ccc2cnc(Nc3ccc(N4CCC(CCN5CCOCC5)CC4)cc3)nc2n1C1CCCCC1. The van der Waals surface area contributed by atoms with Crippen LogP contribution >= 0.6 is 0 Å². The van der Waals surface area contributed by atoms with Gasteiger partial charge in [0.2, 0.25) is 5.95 Å². The Morgan fingerprint density at radius 3 is 2.42 bits per heavy atom. The molecule has 1 aliphatic carbocycles. The summed E-state index contributed by atoms with van der Waals surface area (Å²) >= 11 is 0. The zero-order chi connectivity index (χ0) is 25.7. The Kier molecular flexibility index (Phi) is 7.88. The van der Waals surface area contributed by atoms with Crippen LogP contribution in [0.15, 0.2) is 47.4 Å². The summed E-state index contributed by atoms with van der Waals surface area (Å²) in [6.07, 6.45) is 11.3. The van der Waals surface area contributed by atoms with Crippen molar-refractivity contribution in [2.24, 2.45) is 5.92 Å². The number of anilines is 3. The van der Waals surface area contributed by atoms with Gasteiger partial charge in [0.1, 0.15) is 5.65 Å². The van der Waals surface area contributed by atoms with Gasteiger partial charge in [-0.15, -0.1) is 0 Å². The largest absolute Gasteiger partial charge is 0.379 e. The average molecular weight is 517 g/mol. The van der Waals surface area contributed by atoms with E-state index in [9.17, 15) is 4.79 Å². The van der Waals surface area contributed by atoms with Crippen molar-refractivity contribution in [3.8, 4) is 0 Å². The molecule has 202 valence electrons. The zero-order valence-corrected chi connectivity index (χ0v) is 22.4. The lowest BCUT2D eigenvalue weighted by Crippen LogP contribution is -2.39. The molecule has 38 heavy (non-hydrogen) atoms. The summed E-state index contributed by atoms with van der Waals surface area (Å²) in [5, 5.41) is 4.27. The normalized spacial score (nSPS) is 20.2. The van der Waals surface area contributed by atoms with E-state index in [1.54, 1.807) is 6.07 Å². The molecule has 0 amide bonds. The molecule has 0 radical (unpaired) electrons. The van der Waals surface area contributed by atoms with Crippen molar-refractivity contribution in [3.05, 3.63) is 52.9 Å². The van der Waals surface area contributed by atoms with Crippen LogP contribution in [0.1, 0.15) is 57.4 Å². The number of pyridine rings is 1. The third-order valence-electron chi connectivity index (χ3n) is 8.67. The van der Waals surface area contributed by atoms with Crippen LogP contribution in [0.25, 0.3) is 11.0 Å². The lowest BCUT2D eigenvalue weighted by molar-refractivity contribution is 0.0349. The summed E-state index contributed by atoms with van der Waals surface area (Å²) in [5.41, 5.74) is 2.99. The van der Waals surface area contributed by atoms with E-state index in [0.717, 1.165) is 74.9 Å². The lowest BCUT2D eigenvalue weighted by atomic mass is 9.93. The van der Waals surface area contributed by atoms with Gasteiger partial charge in [0.15, 0.2) is 0 Å². The van der Waals surface area contributed by atoms with Gasteiger partial charge in [-0.05, 0) is 74.9 Å². The summed E-state index contributed by atoms with van der Waals surface area (Å²) in [6.45, 7) is 7.39. The molecule has 8 heteroatoms. The molecule has 8 nitrogen and oxygen atoms in total. The first-order valence-corrected chi connectivity index (χ1v) is 14.5. The highest BCUT2D eigenvalue weighted by Crippen LogP contribution is 2.30. The number of piperidine rings is 1. The van der Waals surface area contributed by atoms with Gasteiger partial charge >= 0.3 is 0 Å². The van der Waals surface area contributed by atoms with Crippen LogP contribution in [-0.2, 0) is 4.74 Å². The topological polar surface area (TPSA) is 75.5 Å². The second kappa shape index (κ2) is 11.8. The fourth-order valence-electron chi connectivity index (χ4n) is 6.35. The molecule has 2 aromatic heterocycles. The Morgan fingerprint density at radius 2 is 1.66 bits per heavy atom. The van der Waals surface area contributed by atoms with Gasteiger partial charge in [-0.2, -0.15) is 4.98 Å². The quantitative estimate of drug-likeness (QED) is 0.475. The Balaban J connectivity index is 1.07. The second-order valence-corrected chi connectivity index (χ2v) is 11.2. The molecular weight excluding hydrogens is 476 g/mol. The molecule has 3 fully saturated rings. The molecular formula is C30H40N6O2. The highest BCUT2D eigenvalue weighted by molar-refractivity contribution is 5.76. The minimum absolute atomic E-state index is 0.0308. The Hall–Kier alpha value is -2.97. The van der Waals surface area contributed by atoms with E-state index in [2.05, 4.69) is 44.4 Å². The molecule has 1 aromatic carbocycles. The maximum atomic E-state index is 12.8. The molecule has 0 atom stereocenters. The minimum atomic E-state index is 0.0308. The van der Waals surface area contributed by atoms with Crippen molar-refractivity contribution in [2.45, 2.75) is 57.4 Å². The summed E-state index contributed by atoms with van der Waals surface area (Å²) in [7, 11) is 0. The van der Waals surface area contributed by atoms with Crippen LogP contribution < -0.4 is 15.8 Å². The fourth-order valence-corrected chi connectivity index (χ4v) is 6.35. The van der Waals surface area contributed by atoms with Gasteiger partial charge in [0.25, 0.3) is 5.56 Å². The maximum Gasteiger partial charge on any atom is 0.252 e. The number of ether oxygens (including phenoxy) is 1. The van der Waals surface area contributed by atoms with Gasteiger partial charge in [-0.3, -0.25) is 14.3 Å². The van der Waals surface area contributed by atoms with Crippen LogP contribution in [0.4, 0.5) is 17.3 Å². The number of benzene rings is 1. The Morgan fingerprint density at radius 1 is 0.895 bits per heavy atom. The third kappa shape index (κ3) is 5.86. The number of rotatable bonds is 7. The summed E-state index contributed by atoms with van der Waals surface area (Å²) in [6, 6.07) is 12.3. The molecule has 3 aliphatic rings. The summed E-state index contributed by atoms with van der Waals surface area (Å²) in [5.74, 6) is 1.35. The maximum absolute atomic E-state index is 12.8. The van der Waals surface area contributed by atoms with Crippen LogP contribution in [-0.4, -0.2) is 65.4 Å². The zero-order valence-electron chi connectivity index (χ0n) is 22.4. The first kappa shape index (κ1) is 25.3. The van der Waals surface area contributed by atoms with Gasteiger partial charge < -0.3 is 15.0 Å². The van der Waals surface area contributed by atoms with Gasteiger partial charge in [0, 0.05) is 61.2 Å². The minimum Gasteiger partial charge on any atom is -0.379 e. The molecule has 6 rings (SSSR count). The standard InChI is InChI=1S/C30H40N6O2/c37-28-11-6-24-22-31-30(33-29(24)36(28)27-4-2-1-3-5-27)32-25-7-9-26(10-8-25)35-16-13-23(14-17-35)12-15-34-18-20-38-21-19-34/h6-11,22-23,27H,1-5,12-21H2,(H,31,32,33). The molecule has 0 bridgehead atoms. The van der Waals surface area contributed by atoms with E-state index in [-0.39, 0.29) is 11.6 Å². The Labute approximate surface area is 225 Å². The number of hydrogen-bond acceptors (Lipinski definition) is 7. The van der Waals surface area contributed by atoms with Crippen molar-refractivity contribution in [1.82, 2.24) is 19.4 Å². The van der Waals surface area contributed by atoms with E-state index < -0.39 is 0 Å². The van der Waals surface area contributed by atoms with Crippen LogP contribution in [0.3, 0.4) is 0 Å². The van der Waals surface area contributed by atoms with Crippen molar-refractivity contribution < 1.29 is 4.74 Å². The molecule has 0 unspecified atom stereocenters. The smallest absolute Gasteiger partial charge is 0.252 e. The van der Waals surface area contributed by atoms with Crippen molar-refractivity contribution in [2.75, 3.05) is 56.2 Å². The predicted octanol–water partition coefficient (Wildman–Crippen LogP) is 4.98. The highest BCUT2D eigenvalue weighted by Gasteiger charge is 2.22. The lowest BCUT2D eigenvalue weighted by Gasteiger charge is -2.35. The van der Waals surface area contributed by atoms with Crippen molar-refractivity contribution >= 4 is 28.4 Å². The van der Waals surface area contributed by atoms with E-state index >= 15 is 0 Å². The van der Waals surface area contributed by atoms with Crippen LogP contribution in [0, 0.1) is 5.92 Å². The molecule has 2 saturated heterocycles. The number of nitrogens with zero attached hydrogens (tertiary/aromatic N) is 5. The Bertz CT molecular complexity index is 1260. The molecule has 3 aromatic rings. The van der Waals surface area contributed by atoms with Gasteiger partial charge in [-0.1, -0.05) is 19.3 Å². The van der Waals surface area contributed by atoms with Crippen LogP contribution in [0.5, 0.6) is 0 Å². The van der Waals surface area contributed by atoms with E-state index in [1.807, 2.05) is 16.8 Å². The predicted molar refractivity (Wildman–Crippen MR) is 152 cm³/mol. The van der Waals surface area contributed by atoms with Gasteiger partial charge in [-0.25, -0.2) is 4.98 Å².